The molecule has 6 N–H and O–H groups in total. The number of imidazole rings is 1. The Morgan fingerprint density at radius 1 is 1.46 bits per heavy atom. The molecule has 0 aromatic carbocycles. The second kappa shape index (κ2) is 6.81. The zero-order valence-corrected chi connectivity index (χ0v) is 15.5. The summed E-state index contributed by atoms with van der Waals surface area (Å²) in [6.07, 6.45) is -4.78. The maximum absolute atomic E-state index is 12.1. The number of nitrogens with one attached hydrogen (secondary N) is 1. The normalized spacial score (nSPS) is 32.5. The van der Waals surface area contributed by atoms with E-state index in [9.17, 15) is 24.2 Å². The Morgan fingerprint density at radius 2 is 2.21 bits per heavy atom. The monoisotopic (exact) mass is 435 g/mol. The van der Waals surface area contributed by atoms with Crippen molar-refractivity contribution in [1.82, 2.24) is 19.5 Å². The Hall–Kier alpha value is -2.00. The van der Waals surface area contributed by atoms with Crippen molar-refractivity contribution in [2.24, 2.45) is 0 Å². The third-order valence-corrected chi connectivity index (χ3v) is 6.00. The minimum Gasteiger partial charge on any atom is -0.481 e. The lowest BCUT2D eigenvalue weighted by Crippen LogP contribution is -2.39. The van der Waals surface area contributed by atoms with E-state index in [1.807, 2.05) is 0 Å². The molecule has 2 saturated heterocycles. The fourth-order valence-electron chi connectivity index (χ4n) is 2.99. The first kappa shape index (κ1) is 19.3. The van der Waals surface area contributed by atoms with Crippen LogP contribution in [0.5, 0.6) is 0 Å². The first-order valence-corrected chi connectivity index (χ1v) is 10.3. The smallest absolute Gasteiger partial charge is 0.472 e. The molecule has 0 radical (unpaired) electrons. The van der Waals surface area contributed by atoms with Gasteiger partial charge in [0.2, 0.25) is 5.95 Å². The number of aliphatic hydroxyl groups is 1. The fraction of sp³-hybridized carbons (Fsp3) is 0.500. The number of aliphatic hydroxyl groups excluding tert-OH is 1. The van der Waals surface area contributed by atoms with E-state index in [-0.39, 0.29) is 28.9 Å². The van der Waals surface area contributed by atoms with Crippen LogP contribution in [0.2, 0.25) is 0 Å². The number of aromatic amines is 1. The van der Waals surface area contributed by atoms with Crippen molar-refractivity contribution in [3.8, 4) is 0 Å². The van der Waals surface area contributed by atoms with E-state index in [1.54, 1.807) is 0 Å². The second-order valence-electron chi connectivity index (χ2n) is 5.96. The van der Waals surface area contributed by atoms with Gasteiger partial charge in [0.05, 0.1) is 12.4 Å². The molecule has 152 valence electrons. The summed E-state index contributed by atoms with van der Waals surface area (Å²) in [5, 5.41) is 19.6. The molecule has 2 aliphatic rings. The molecule has 2 aromatic heterocycles. The van der Waals surface area contributed by atoms with Gasteiger partial charge in [0.25, 0.3) is 5.56 Å². The van der Waals surface area contributed by atoms with Crippen LogP contribution in [0.3, 0.4) is 0 Å². The zero-order chi connectivity index (χ0) is 20.2. The number of carboxylic acids is 1. The number of hydrogen-bond acceptors (Lipinski definition) is 11. The fourth-order valence-corrected chi connectivity index (χ4v) is 4.69. The number of rotatable bonds is 4. The van der Waals surface area contributed by atoms with Gasteiger partial charge in [0.15, 0.2) is 22.5 Å². The van der Waals surface area contributed by atoms with E-state index in [1.165, 1.54) is 4.57 Å². The van der Waals surface area contributed by atoms with Gasteiger partial charge < -0.3 is 25.6 Å². The highest BCUT2D eigenvalue weighted by molar-refractivity contribution is 7.99. The number of aliphatic carboxylic acids is 1. The summed E-state index contributed by atoms with van der Waals surface area (Å²) in [6.45, 7) is -0.313. The Kier molecular flexibility index (Phi) is 4.70. The van der Waals surface area contributed by atoms with Crippen LogP contribution in [0.25, 0.3) is 11.2 Å². The molecule has 16 heteroatoms. The van der Waals surface area contributed by atoms with Gasteiger partial charge >= 0.3 is 13.8 Å². The number of phosphoric ester groups is 1. The quantitative estimate of drug-likeness (QED) is 0.278. The molecule has 0 amide bonds. The summed E-state index contributed by atoms with van der Waals surface area (Å²) in [5.74, 6) is -1.75. The minimum atomic E-state index is -4.34. The van der Waals surface area contributed by atoms with Gasteiger partial charge in [-0.2, -0.15) is 4.98 Å². The Bertz CT molecular complexity index is 1060. The van der Waals surface area contributed by atoms with Crippen molar-refractivity contribution in [2.45, 2.75) is 29.7 Å². The number of hydrogen-bond donors (Lipinski definition) is 5. The number of phosphoric acid groups is 1. The van der Waals surface area contributed by atoms with Crippen molar-refractivity contribution in [1.29, 1.82) is 0 Å². The maximum Gasteiger partial charge on any atom is 0.472 e. The van der Waals surface area contributed by atoms with Crippen LogP contribution in [-0.2, 0) is 23.1 Å². The van der Waals surface area contributed by atoms with Crippen molar-refractivity contribution < 1.29 is 38.3 Å². The number of ether oxygens (including phenoxy) is 1. The van der Waals surface area contributed by atoms with Gasteiger partial charge in [-0.05, 0) is 0 Å². The van der Waals surface area contributed by atoms with E-state index in [0.717, 1.165) is 11.8 Å². The van der Waals surface area contributed by atoms with Crippen LogP contribution in [-0.4, -0.2) is 71.3 Å². The molecule has 1 unspecified atom stereocenters. The number of aromatic nitrogens is 4. The molecule has 4 heterocycles. The van der Waals surface area contributed by atoms with Gasteiger partial charge in [0, 0.05) is 0 Å². The molecule has 4 rings (SSSR count). The van der Waals surface area contributed by atoms with Gasteiger partial charge in [-0.25, -0.2) is 9.55 Å². The summed E-state index contributed by atoms with van der Waals surface area (Å²) >= 11 is 0.769. The van der Waals surface area contributed by atoms with Crippen LogP contribution >= 0.6 is 19.6 Å². The second-order valence-corrected chi connectivity index (χ2v) is 8.31. The van der Waals surface area contributed by atoms with Crippen LogP contribution < -0.4 is 11.3 Å². The average Bonchev–Trinajstić information content (AvgIpc) is 3.10. The Labute approximate surface area is 159 Å². The molecule has 0 aliphatic carbocycles. The third kappa shape index (κ3) is 3.30. The number of nitrogens with zero attached hydrogens (tertiary/aromatic N) is 3. The molecule has 14 nitrogen and oxygen atoms in total. The highest BCUT2D eigenvalue weighted by atomic mass is 32.2. The third-order valence-electron chi connectivity index (χ3n) is 4.08. The molecule has 0 saturated carbocycles. The van der Waals surface area contributed by atoms with Crippen LogP contribution in [0.4, 0.5) is 5.95 Å². The van der Waals surface area contributed by atoms with Gasteiger partial charge in [-0.15, -0.1) is 0 Å². The van der Waals surface area contributed by atoms with E-state index in [4.69, 9.17) is 20.1 Å². The van der Waals surface area contributed by atoms with Gasteiger partial charge in [0.1, 0.15) is 18.3 Å². The van der Waals surface area contributed by atoms with Crippen molar-refractivity contribution >= 4 is 42.7 Å². The van der Waals surface area contributed by atoms with Crippen molar-refractivity contribution in [3.05, 3.63) is 10.4 Å². The standard InChI is InChI=1S/C12H14N5O9PS/c13-11-15-8-5(9(21)16-11)14-12(28-2-4(18)19)17(8)10-6(20)7-3(25-10)1-24-27(22,23)26-7/h3,6-7,10,20H,1-2H2,(H,18,19)(H,22,23)(H3,13,15,16,21)/t3-,6+,7-,10+/m0/s1. The molecule has 2 fully saturated rings. The van der Waals surface area contributed by atoms with Crippen LogP contribution in [0.1, 0.15) is 6.23 Å². The summed E-state index contributed by atoms with van der Waals surface area (Å²) in [6, 6.07) is 0. The highest BCUT2D eigenvalue weighted by Crippen LogP contribution is 2.52. The number of carbonyl (C=O) groups is 1. The number of fused-ring (bicyclic) bond motifs is 2. The van der Waals surface area contributed by atoms with Crippen LogP contribution in [0.15, 0.2) is 9.95 Å². The molecule has 2 aromatic rings. The van der Waals surface area contributed by atoms with E-state index < -0.39 is 49.6 Å². The maximum atomic E-state index is 12.1. The molecular formula is C12H14N5O9PS. The Morgan fingerprint density at radius 3 is 2.93 bits per heavy atom. The zero-order valence-electron chi connectivity index (χ0n) is 13.8. The summed E-state index contributed by atoms with van der Waals surface area (Å²) < 4.78 is 28.1. The summed E-state index contributed by atoms with van der Waals surface area (Å²) in [7, 11) is -4.34. The number of nitrogen functional groups attached to an aromatic ring is 1. The lowest BCUT2D eigenvalue weighted by Gasteiger charge is -2.27. The molecule has 28 heavy (non-hydrogen) atoms. The summed E-state index contributed by atoms with van der Waals surface area (Å²) in [5.41, 5.74) is 4.73. The predicted octanol–water partition coefficient (Wildman–Crippen LogP) is -1.35. The predicted molar refractivity (Wildman–Crippen MR) is 91.5 cm³/mol. The van der Waals surface area contributed by atoms with E-state index in [2.05, 4.69) is 19.5 Å². The van der Waals surface area contributed by atoms with Crippen LogP contribution in [0, 0.1) is 0 Å². The molecule has 0 spiro atoms. The largest absolute Gasteiger partial charge is 0.481 e. The lowest BCUT2D eigenvalue weighted by molar-refractivity contribution is -0.133. The van der Waals surface area contributed by atoms with Gasteiger partial charge in [-0.1, -0.05) is 11.8 Å². The van der Waals surface area contributed by atoms with Crippen molar-refractivity contribution in [2.75, 3.05) is 18.1 Å². The lowest BCUT2D eigenvalue weighted by atomic mass is 10.1. The Balaban J connectivity index is 1.80. The topological polar surface area (TPSA) is 212 Å². The SMILES string of the molecule is Nc1nc2c(nc(SCC(=O)O)n2[C@@H]2O[C@H]3COP(=O)(O)O[C@@H]3[C@H]2O)c(=O)[nH]1. The van der Waals surface area contributed by atoms with E-state index >= 15 is 0 Å². The number of anilines is 1. The highest BCUT2D eigenvalue weighted by Gasteiger charge is 2.53. The number of nitrogens with two attached hydrogens (primary N) is 1. The van der Waals surface area contributed by atoms with Gasteiger partial charge in [-0.3, -0.25) is 28.2 Å². The minimum absolute atomic E-state index is 0.0248. The molecule has 0 bridgehead atoms. The first-order valence-electron chi connectivity index (χ1n) is 7.78. The van der Waals surface area contributed by atoms with Crippen molar-refractivity contribution in [3.63, 3.8) is 0 Å². The molecule has 2 aliphatic heterocycles. The average molecular weight is 435 g/mol. The number of H-pyrrole nitrogens is 1. The van der Waals surface area contributed by atoms with E-state index in [0.29, 0.717) is 0 Å². The number of carboxylic acid groups (broad SMARTS) is 1. The molecular weight excluding hydrogens is 421 g/mol. The number of thioether (sulfide) groups is 1. The summed E-state index contributed by atoms with van der Waals surface area (Å²) in [4.78, 5) is 42.9. The first-order chi connectivity index (χ1) is 13.2. The molecule has 5 atom stereocenters.